The van der Waals surface area contributed by atoms with Crippen LogP contribution in [0.5, 0.6) is 0 Å². The van der Waals surface area contributed by atoms with Gasteiger partial charge in [-0.25, -0.2) is 9.98 Å². The second-order valence-electron chi connectivity index (χ2n) is 16.8. The lowest BCUT2D eigenvalue weighted by atomic mass is 9.91. The molecular formula is C59H40N4S. The first kappa shape index (κ1) is 36.8. The Morgan fingerprint density at radius 1 is 0.516 bits per heavy atom. The summed E-state index contributed by atoms with van der Waals surface area (Å²) >= 11 is 1.88. The highest BCUT2D eigenvalue weighted by Crippen LogP contribution is 2.46. The summed E-state index contributed by atoms with van der Waals surface area (Å²) in [4.78, 5) is 11.0. The molecule has 2 aromatic heterocycles. The van der Waals surface area contributed by atoms with Gasteiger partial charge >= 0.3 is 0 Å². The predicted octanol–water partition coefficient (Wildman–Crippen LogP) is 15.2. The van der Waals surface area contributed by atoms with Crippen LogP contribution in [0.1, 0.15) is 24.0 Å². The van der Waals surface area contributed by atoms with Crippen molar-refractivity contribution in [2.45, 2.75) is 19.0 Å². The molecule has 0 fully saturated rings. The van der Waals surface area contributed by atoms with E-state index in [2.05, 4.69) is 216 Å². The molecular weight excluding hydrogens is 797 g/mol. The highest BCUT2D eigenvalue weighted by molar-refractivity contribution is 7.26. The van der Waals surface area contributed by atoms with E-state index in [0.29, 0.717) is 5.84 Å². The van der Waals surface area contributed by atoms with Gasteiger partial charge < -0.3 is 9.88 Å². The zero-order valence-corrected chi connectivity index (χ0v) is 35.7. The third kappa shape index (κ3) is 6.04. The van der Waals surface area contributed by atoms with Crippen LogP contribution in [-0.4, -0.2) is 22.4 Å². The number of allylic oxidation sites excluding steroid dienone is 2. The van der Waals surface area contributed by atoms with E-state index in [1.54, 1.807) is 0 Å². The van der Waals surface area contributed by atoms with Gasteiger partial charge in [0.1, 0.15) is 12.0 Å². The third-order valence-electron chi connectivity index (χ3n) is 13.0. The lowest BCUT2D eigenvalue weighted by molar-refractivity contribution is 0.721. The van der Waals surface area contributed by atoms with Crippen LogP contribution in [0, 0.1) is 0 Å². The van der Waals surface area contributed by atoms with Crippen molar-refractivity contribution in [3.8, 4) is 27.9 Å². The molecule has 302 valence electrons. The molecule has 0 amide bonds. The Bertz CT molecular complexity index is 3830. The molecule has 13 rings (SSSR count). The molecule has 9 aromatic carbocycles. The van der Waals surface area contributed by atoms with E-state index in [0.717, 1.165) is 52.2 Å². The molecule has 3 heterocycles. The van der Waals surface area contributed by atoms with Crippen LogP contribution >= 0.6 is 11.3 Å². The summed E-state index contributed by atoms with van der Waals surface area (Å²) in [6.45, 7) is 0. The SMILES string of the molecule is C1=CC(C2N=C(c3ccc(-n4c5ccccc5c5cc6ccccc6cc54)cc3-c3cc4ccccc4c4sc5ccccc5c34)N=C(c3cccc(-c4ccccc4)c3)N2)=CCC1. The zero-order chi connectivity index (χ0) is 42.1. The van der Waals surface area contributed by atoms with E-state index in [1.165, 1.54) is 74.6 Å². The number of benzene rings is 9. The van der Waals surface area contributed by atoms with Gasteiger partial charge in [0.15, 0.2) is 5.84 Å². The molecule has 4 nitrogen and oxygen atoms in total. The topological polar surface area (TPSA) is 41.7 Å². The minimum atomic E-state index is -0.309. The Kier molecular flexibility index (Phi) is 8.56. The van der Waals surface area contributed by atoms with Crippen molar-refractivity contribution in [2.24, 2.45) is 9.98 Å². The highest BCUT2D eigenvalue weighted by Gasteiger charge is 2.26. The quantitative estimate of drug-likeness (QED) is 0.178. The number of aliphatic imine (C=N–C) groups is 2. The van der Waals surface area contributed by atoms with Gasteiger partial charge in [-0.3, -0.25) is 0 Å². The molecule has 0 saturated carbocycles. The number of nitrogens with one attached hydrogen (secondary N) is 1. The summed E-state index contributed by atoms with van der Waals surface area (Å²) in [5, 5.41) is 13.7. The van der Waals surface area contributed by atoms with Crippen LogP contribution in [-0.2, 0) is 0 Å². The van der Waals surface area contributed by atoms with Gasteiger partial charge in [-0.15, -0.1) is 11.3 Å². The summed E-state index contributed by atoms with van der Waals surface area (Å²) in [6, 6.07) is 68.5. The van der Waals surface area contributed by atoms with E-state index in [9.17, 15) is 0 Å². The lowest BCUT2D eigenvalue weighted by Gasteiger charge is -2.26. The smallest absolute Gasteiger partial charge is 0.160 e. The van der Waals surface area contributed by atoms with Crippen molar-refractivity contribution in [1.82, 2.24) is 9.88 Å². The maximum atomic E-state index is 5.53. The molecule has 1 unspecified atom stereocenters. The monoisotopic (exact) mass is 836 g/mol. The number of rotatable bonds is 6. The zero-order valence-electron chi connectivity index (χ0n) is 34.9. The summed E-state index contributed by atoms with van der Waals surface area (Å²) in [6.07, 6.45) is 8.52. The minimum absolute atomic E-state index is 0.309. The second-order valence-corrected chi connectivity index (χ2v) is 17.9. The number of fused-ring (bicyclic) bond motifs is 9. The summed E-state index contributed by atoms with van der Waals surface area (Å²) in [7, 11) is 0. The molecule has 64 heavy (non-hydrogen) atoms. The first-order chi connectivity index (χ1) is 31.7. The van der Waals surface area contributed by atoms with Gasteiger partial charge in [0, 0.05) is 47.8 Å². The summed E-state index contributed by atoms with van der Waals surface area (Å²) in [5.74, 6) is 1.51. The fourth-order valence-electron chi connectivity index (χ4n) is 9.99. The Morgan fingerprint density at radius 3 is 2.11 bits per heavy atom. The number of amidine groups is 2. The van der Waals surface area contributed by atoms with Gasteiger partial charge in [-0.1, -0.05) is 152 Å². The van der Waals surface area contributed by atoms with Crippen molar-refractivity contribution in [2.75, 3.05) is 0 Å². The number of para-hydroxylation sites is 1. The maximum Gasteiger partial charge on any atom is 0.160 e. The van der Waals surface area contributed by atoms with Crippen LogP contribution in [0.15, 0.2) is 222 Å². The van der Waals surface area contributed by atoms with Gasteiger partial charge in [-0.2, -0.15) is 0 Å². The fraction of sp³-hybridized carbons (Fsp3) is 0.0508. The van der Waals surface area contributed by atoms with E-state index in [-0.39, 0.29) is 6.17 Å². The van der Waals surface area contributed by atoms with Crippen LogP contribution in [0.3, 0.4) is 0 Å². The normalized spacial score (nSPS) is 15.2. The minimum Gasteiger partial charge on any atom is -0.344 e. The number of thiophene rings is 1. The largest absolute Gasteiger partial charge is 0.344 e. The van der Waals surface area contributed by atoms with Crippen molar-refractivity contribution in [1.29, 1.82) is 0 Å². The van der Waals surface area contributed by atoms with Crippen LogP contribution in [0.4, 0.5) is 0 Å². The lowest BCUT2D eigenvalue weighted by Crippen LogP contribution is -2.40. The summed E-state index contributed by atoms with van der Waals surface area (Å²) in [5.41, 5.74) is 11.2. The first-order valence-electron chi connectivity index (χ1n) is 22.1. The first-order valence-corrected chi connectivity index (χ1v) is 22.9. The van der Waals surface area contributed by atoms with Gasteiger partial charge in [0.25, 0.3) is 0 Å². The molecule has 1 aliphatic carbocycles. The van der Waals surface area contributed by atoms with Crippen molar-refractivity contribution in [3.05, 3.63) is 223 Å². The second kappa shape index (κ2) is 14.9. The van der Waals surface area contributed by atoms with Crippen molar-refractivity contribution in [3.63, 3.8) is 0 Å². The van der Waals surface area contributed by atoms with E-state index < -0.39 is 0 Å². The predicted molar refractivity (Wildman–Crippen MR) is 272 cm³/mol. The molecule has 0 bridgehead atoms. The fourth-order valence-corrected chi connectivity index (χ4v) is 11.3. The van der Waals surface area contributed by atoms with Gasteiger partial charge in [0.05, 0.1) is 11.0 Å². The Hall–Kier alpha value is -7.86. The van der Waals surface area contributed by atoms with Crippen LogP contribution < -0.4 is 5.32 Å². The molecule has 0 saturated heterocycles. The van der Waals surface area contributed by atoms with Crippen LogP contribution in [0.25, 0.3) is 91.5 Å². The standard InChI is InChI=1S/C59H40N4S/c1-3-16-37(17-4-1)39-23-15-24-43(32-39)58-60-57(38-18-5-2-6-19-38)61-59(62-58)47-31-30-44(63-52-28-13-11-26-46(52)50-33-40-20-7-8-21-41(40)35-53(50)63)36-49(47)51-34-42-22-9-10-25-45(42)56-55(51)48-27-12-14-29-54(48)64-56/h1,3-5,7-36,57H,2,6H2,(H,60,61,62). The number of hydrogen-bond acceptors (Lipinski definition) is 4. The van der Waals surface area contributed by atoms with Crippen LogP contribution in [0.2, 0.25) is 0 Å². The molecule has 11 aromatic rings. The van der Waals surface area contributed by atoms with Crippen molar-refractivity contribution < 1.29 is 0 Å². The highest BCUT2D eigenvalue weighted by atomic mass is 32.1. The number of aromatic nitrogens is 1. The molecule has 2 aliphatic rings. The number of hydrogen-bond donors (Lipinski definition) is 1. The maximum absolute atomic E-state index is 5.53. The molecule has 1 aliphatic heterocycles. The molecule has 1 atom stereocenters. The molecule has 0 spiro atoms. The number of nitrogens with zero attached hydrogens (tertiary/aromatic N) is 3. The molecule has 1 N–H and O–H groups in total. The van der Waals surface area contributed by atoms with E-state index in [4.69, 9.17) is 9.98 Å². The molecule has 5 heteroatoms. The van der Waals surface area contributed by atoms with E-state index >= 15 is 0 Å². The Balaban J connectivity index is 1.10. The van der Waals surface area contributed by atoms with Crippen molar-refractivity contribution >= 4 is 86.5 Å². The van der Waals surface area contributed by atoms with Gasteiger partial charge in [-0.05, 0) is 117 Å². The summed E-state index contributed by atoms with van der Waals surface area (Å²) < 4.78 is 5.01. The Labute approximate surface area is 374 Å². The molecule has 0 radical (unpaired) electrons. The van der Waals surface area contributed by atoms with E-state index in [1.807, 2.05) is 11.3 Å². The third-order valence-corrected chi connectivity index (χ3v) is 14.2. The average Bonchev–Trinajstić information content (AvgIpc) is 3.92. The van der Waals surface area contributed by atoms with Gasteiger partial charge in [0.2, 0.25) is 0 Å². The average molecular weight is 837 g/mol. The Morgan fingerprint density at radius 2 is 1.25 bits per heavy atom.